The van der Waals surface area contributed by atoms with E-state index in [1.54, 1.807) is 19.1 Å². The lowest BCUT2D eigenvalue weighted by Crippen LogP contribution is -2.51. The highest BCUT2D eigenvalue weighted by Crippen LogP contribution is 2.51. The minimum absolute atomic E-state index is 0.122. The van der Waals surface area contributed by atoms with Crippen LogP contribution in [0.1, 0.15) is 75.1 Å². The molecule has 0 aromatic heterocycles. The van der Waals surface area contributed by atoms with Crippen LogP contribution in [0.25, 0.3) is 0 Å². The molecule has 2 unspecified atom stereocenters. The van der Waals surface area contributed by atoms with Crippen molar-refractivity contribution in [1.82, 2.24) is 0 Å². The van der Waals surface area contributed by atoms with E-state index >= 15 is 0 Å². The third kappa shape index (κ3) is 3.44. The van der Waals surface area contributed by atoms with E-state index in [-0.39, 0.29) is 64.7 Å². The first-order chi connectivity index (χ1) is 16.2. The Hall–Kier alpha value is -2.78. The number of rotatable bonds is 3. The van der Waals surface area contributed by atoms with Gasteiger partial charge in [0.05, 0.1) is 29.4 Å². The van der Waals surface area contributed by atoms with E-state index < -0.39 is 29.8 Å². The number of phenolic OH excluding ortho intramolecular Hbond substituents is 2. The number of ether oxygens (including phenoxy) is 1. The Balaban J connectivity index is 1.61. The predicted octanol–water partition coefficient (Wildman–Crippen LogP) is 1.77. The Morgan fingerprint density at radius 1 is 1.03 bits per heavy atom. The topological polar surface area (TPSA) is 150 Å². The Labute approximate surface area is 197 Å². The number of nitrogens with two attached hydrogens (primary N) is 1. The first-order valence-electron chi connectivity index (χ1n) is 11.7. The number of aromatic hydroxyl groups is 2. The smallest absolute Gasteiger partial charge is 0.198 e. The summed E-state index contributed by atoms with van der Waals surface area (Å²) in [7, 11) is 0. The first kappa shape index (κ1) is 23.0. The van der Waals surface area contributed by atoms with Gasteiger partial charge in [-0.25, -0.2) is 0 Å². The Bertz CT molecular complexity index is 1160. The molecular formula is C26H29NO7. The molecular weight excluding hydrogens is 438 g/mol. The van der Waals surface area contributed by atoms with Gasteiger partial charge in [0.25, 0.3) is 0 Å². The number of hydrogen-bond acceptors (Lipinski definition) is 8. The molecule has 0 bridgehead atoms. The zero-order valence-electron chi connectivity index (χ0n) is 18.9. The third-order valence-corrected chi connectivity index (χ3v) is 7.65. The third-order valence-electron chi connectivity index (χ3n) is 7.65. The van der Waals surface area contributed by atoms with Crippen LogP contribution in [0.3, 0.4) is 0 Å². The van der Waals surface area contributed by atoms with Gasteiger partial charge in [-0.2, -0.15) is 0 Å². The van der Waals surface area contributed by atoms with Crippen molar-refractivity contribution >= 4 is 11.6 Å². The van der Waals surface area contributed by atoms with Crippen LogP contribution in [-0.2, 0) is 11.2 Å². The molecule has 2 aromatic carbocycles. The van der Waals surface area contributed by atoms with Crippen molar-refractivity contribution in [3.8, 4) is 11.5 Å². The van der Waals surface area contributed by atoms with Crippen LogP contribution in [0.2, 0.25) is 0 Å². The number of aliphatic hydroxyl groups is 2. The molecule has 2 aliphatic carbocycles. The Kier molecular flexibility index (Phi) is 5.72. The average molecular weight is 468 g/mol. The van der Waals surface area contributed by atoms with Gasteiger partial charge in [0.15, 0.2) is 11.6 Å². The molecule has 8 heteroatoms. The average Bonchev–Trinajstić information content (AvgIpc) is 2.82. The normalized spacial score (nSPS) is 30.5. The minimum Gasteiger partial charge on any atom is -0.507 e. The summed E-state index contributed by atoms with van der Waals surface area (Å²) in [6, 6.07) is 5.92. The molecule has 0 spiro atoms. The van der Waals surface area contributed by atoms with Gasteiger partial charge >= 0.3 is 0 Å². The largest absolute Gasteiger partial charge is 0.507 e. The Morgan fingerprint density at radius 2 is 1.65 bits per heavy atom. The SMILES string of the molecule is C[C@@H]1O[C@@H](CC2CC(CO)Cc3c(O)c4c(c(O)c32)C(=O)c2ccccc2C4=O)C[C@H](N)[C@@H]1O. The maximum Gasteiger partial charge on any atom is 0.198 e. The maximum atomic E-state index is 13.3. The quantitative estimate of drug-likeness (QED) is 0.366. The number of carbonyl (C=O) groups is 2. The van der Waals surface area contributed by atoms with Gasteiger partial charge in [0, 0.05) is 34.9 Å². The van der Waals surface area contributed by atoms with Gasteiger partial charge in [-0.1, -0.05) is 24.3 Å². The molecule has 0 amide bonds. The van der Waals surface area contributed by atoms with Gasteiger partial charge in [-0.3, -0.25) is 9.59 Å². The second-order valence-corrected chi connectivity index (χ2v) is 9.82. The molecule has 2 aromatic rings. The number of fused-ring (bicyclic) bond motifs is 3. The van der Waals surface area contributed by atoms with Crippen molar-refractivity contribution in [1.29, 1.82) is 0 Å². The molecule has 5 rings (SSSR count). The number of carbonyl (C=O) groups excluding carboxylic acids is 2. The van der Waals surface area contributed by atoms with Crippen LogP contribution < -0.4 is 5.73 Å². The highest BCUT2D eigenvalue weighted by Gasteiger charge is 2.43. The second-order valence-electron chi connectivity index (χ2n) is 9.82. The summed E-state index contributed by atoms with van der Waals surface area (Å²) < 4.78 is 5.97. The van der Waals surface area contributed by atoms with Crippen molar-refractivity contribution in [2.45, 2.75) is 62.9 Å². The summed E-state index contributed by atoms with van der Waals surface area (Å²) in [4.78, 5) is 26.6. The lowest BCUT2D eigenvalue weighted by Gasteiger charge is -2.40. The lowest BCUT2D eigenvalue weighted by molar-refractivity contribution is -0.121. The lowest BCUT2D eigenvalue weighted by atomic mass is 9.70. The molecule has 0 radical (unpaired) electrons. The van der Waals surface area contributed by atoms with E-state index in [0.29, 0.717) is 30.4 Å². The molecule has 1 heterocycles. The van der Waals surface area contributed by atoms with Crippen molar-refractivity contribution in [2.75, 3.05) is 6.61 Å². The van der Waals surface area contributed by atoms with Gasteiger partial charge in [-0.15, -0.1) is 0 Å². The van der Waals surface area contributed by atoms with E-state index in [9.17, 15) is 30.0 Å². The monoisotopic (exact) mass is 467 g/mol. The zero-order chi connectivity index (χ0) is 24.3. The van der Waals surface area contributed by atoms with Gasteiger partial charge in [0.2, 0.25) is 0 Å². The van der Waals surface area contributed by atoms with Crippen molar-refractivity contribution < 1.29 is 34.8 Å². The number of hydrogen-bond donors (Lipinski definition) is 5. The summed E-state index contributed by atoms with van der Waals surface area (Å²) in [5, 5.41) is 42.7. The molecule has 34 heavy (non-hydrogen) atoms. The second kappa shape index (κ2) is 8.46. The van der Waals surface area contributed by atoms with Crippen LogP contribution in [-0.4, -0.2) is 63.0 Å². The standard InChI is InChI=1S/C26H29NO7/c1-11-22(29)18(27)9-14(34-11)8-13-6-12(10-28)7-17-19(13)26(33)21-20(25(17)32)23(30)15-4-2-3-5-16(15)24(21)31/h2-5,11-14,18,22,28-29,32-33H,6-10,27H2,1H3/t11-,12?,13?,14-,18-,22+/m0/s1. The summed E-state index contributed by atoms with van der Waals surface area (Å²) in [5.74, 6) is -2.13. The number of aliphatic hydroxyl groups excluding tert-OH is 2. The summed E-state index contributed by atoms with van der Waals surface area (Å²) in [6.45, 7) is 1.63. The van der Waals surface area contributed by atoms with Crippen LogP contribution in [0.4, 0.5) is 0 Å². The van der Waals surface area contributed by atoms with Gasteiger partial charge in [-0.05, 0) is 44.4 Å². The zero-order valence-corrected chi connectivity index (χ0v) is 18.9. The summed E-state index contributed by atoms with van der Waals surface area (Å²) in [6.07, 6.45) is 0.111. The van der Waals surface area contributed by atoms with Crippen LogP contribution in [0.15, 0.2) is 24.3 Å². The maximum absolute atomic E-state index is 13.3. The fraction of sp³-hybridized carbons (Fsp3) is 0.462. The first-order valence-corrected chi connectivity index (χ1v) is 11.7. The molecule has 1 saturated heterocycles. The van der Waals surface area contributed by atoms with E-state index in [2.05, 4.69) is 0 Å². The molecule has 180 valence electrons. The number of ketones is 2. The Morgan fingerprint density at radius 3 is 2.24 bits per heavy atom. The molecule has 0 saturated carbocycles. The highest BCUT2D eigenvalue weighted by molar-refractivity contribution is 6.30. The molecule has 6 atom stereocenters. The van der Waals surface area contributed by atoms with E-state index in [1.165, 1.54) is 12.1 Å². The molecule has 1 aliphatic heterocycles. The number of benzene rings is 2. The van der Waals surface area contributed by atoms with Crippen LogP contribution >= 0.6 is 0 Å². The molecule has 3 aliphatic rings. The van der Waals surface area contributed by atoms with E-state index in [0.717, 1.165) is 0 Å². The van der Waals surface area contributed by atoms with Crippen molar-refractivity contribution in [3.05, 3.63) is 57.6 Å². The van der Waals surface area contributed by atoms with Gasteiger partial charge in [0.1, 0.15) is 11.5 Å². The van der Waals surface area contributed by atoms with Crippen LogP contribution in [0, 0.1) is 5.92 Å². The molecule has 1 fully saturated rings. The van der Waals surface area contributed by atoms with Crippen LogP contribution in [0.5, 0.6) is 11.5 Å². The molecule has 6 N–H and O–H groups in total. The summed E-state index contributed by atoms with van der Waals surface area (Å²) >= 11 is 0. The predicted molar refractivity (Wildman–Crippen MR) is 122 cm³/mol. The van der Waals surface area contributed by atoms with Gasteiger partial charge < -0.3 is 30.9 Å². The fourth-order valence-electron chi connectivity index (χ4n) is 5.98. The molecule has 8 nitrogen and oxygen atoms in total. The van der Waals surface area contributed by atoms with E-state index in [1.807, 2.05) is 0 Å². The minimum atomic E-state index is -0.770. The van der Waals surface area contributed by atoms with Crippen molar-refractivity contribution in [3.63, 3.8) is 0 Å². The highest BCUT2D eigenvalue weighted by atomic mass is 16.5. The van der Waals surface area contributed by atoms with Crippen molar-refractivity contribution in [2.24, 2.45) is 11.7 Å². The fourth-order valence-corrected chi connectivity index (χ4v) is 5.98. The summed E-state index contributed by atoms with van der Waals surface area (Å²) in [5.41, 5.74) is 6.95. The number of phenols is 2. The van der Waals surface area contributed by atoms with E-state index in [4.69, 9.17) is 10.5 Å².